The third-order valence-electron chi connectivity index (χ3n) is 4.77. The number of fused-ring (bicyclic) bond motifs is 2. The Kier molecular flexibility index (Phi) is 6.48. The molecule has 0 amide bonds. The van der Waals surface area contributed by atoms with Gasteiger partial charge in [-0.3, -0.25) is 0 Å². The van der Waals surface area contributed by atoms with Crippen LogP contribution in [0.3, 0.4) is 0 Å². The zero-order valence-corrected chi connectivity index (χ0v) is 15.9. The second-order valence-electron chi connectivity index (χ2n) is 6.76. The number of hydrogen-bond donors (Lipinski definition) is 0. The van der Waals surface area contributed by atoms with Crippen molar-refractivity contribution in [2.24, 2.45) is 0 Å². The number of ether oxygens (including phenoxy) is 2. The highest BCUT2D eigenvalue weighted by Crippen LogP contribution is 2.32. The summed E-state index contributed by atoms with van der Waals surface area (Å²) in [5.74, 6) is 0.596. The molecule has 3 rings (SSSR count). The van der Waals surface area contributed by atoms with Crippen LogP contribution in [0.4, 0.5) is 0 Å². The summed E-state index contributed by atoms with van der Waals surface area (Å²) in [4.78, 5) is 11.0. The molecule has 140 valence electrons. The van der Waals surface area contributed by atoms with Crippen LogP contribution in [0.5, 0.6) is 5.75 Å². The monoisotopic (exact) mass is 362 g/mol. The molecule has 0 N–H and O–H groups in total. The van der Waals surface area contributed by atoms with Gasteiger partial charge < -0.3 is 9.47 Å². The van der Waals surface area contributed by atoms with E-state index in [4.69, 9.17) is 9.47 Å². The van der Waals surface area contributed by atoms with Crippen LogP contribution in [0.25, 0.3) is 21.5 Å². The van der Waals surface area contributed by atoms with Crippen LogP contribution in [0.15, 0.2) is 61.2 Å². The number of benzene rings is 3. The summed E-state index contributed by atoms with van der Waals surface area (Å²) >= 11 is 0. The molecule has 0 aliphatic rings. The van der Waals surface area contributed by atoms with Crippen molar-refractivity contribution in [1.82, 2.24) is 0 Å². The average molecular weight is 362 g/mol. The van der Waals surface area contributed by atoms with Crippen LogP contribution in [0.1, 0.15) is 31.2 Å². The van der Waals surface area contributed by atoms with Crippen LogP contribution in [0, 0.1) is 6.92 Å². The summed E-state index contributed by atoms with van der Waals surface area (Å²) in [7, 11) is 0. The minimum atomic E-state index is -0.350. The van der Waals surface area contributed by atoms with E-state index in [1.54, 1.807) is 0 Å². The maximum atomic E-state index is 11.0. The Morgan fingerprint density at radius 1 is 0.926 bits per heavy atom. The SMILES string of the molecule is C=CC(=O)OCCCCCCOc1ccc(C)c2cc3ccccc3cc12. The molecule has 3 heteroatoms. The number of unbranched alkanes of at least 4 members (excludes halogenated alkanes) is 3. The third kappa shape index (κ3) is 4.88. The molecule has 3 aromatic rings. The summed E-state index contributed by atoms with van der Waals surface area (Å²) in [6.45, 7) is 6.67. The first-order chi connectivity index (χ1) is 13.2. The van der Waals surface area contributed by atoms with Crippen molar-refractivity contribution >= 4 is 27.5 Å². The Hall–Kier alpha value is -2.81. The quantitative estimate of drug-likeness (QED) is 0.204. The molecule has 3 aromatic carbocycles. The average Bonchev–Trinajstić information content (AvgIpc) is 2.70. The lowest BCUT2D eigenvalue weighted by molar-refractivity contribution is -0.137. The number of carbonyl (C=O) groups is 1. The predicted molar refractivity (Wildman–Crippen MR) is 111 cm³/mol. The fraction of sp³-hybridized carbons (Fsp3) is 0.292. The largest absolute Gasteiger partial charge is 0.493 e. The minimum Gasteiger partial charge on any atom is -0.493 e. The first-order valence-electron chi connectivity index (χ1n) is 9.53. The van der Waals surface area contributed by atoms with E-state index in [1.165, 1.54) is 33.2 Å². The smallest absolute Gasteiger partial charge is 0.330 e. The van der Waals surface area contributed by atoms with E-state index in [0.717, 1.165) is 31.4 Å². The lowest BCUT2D eigenvalue weighted by atomic mass is 10.00. The van der Waals surface area contributed by atoms with E-state index < -0.39 is 0 Å². The molecule has 0 aliphatic carbocycles. The molecule has 27 heavy (non-hydrogen) atoms. The lowest BCUT2D eigenvalue weighted by Gasteiger charge is -2.12. The highest BCUT2D eigenvalue weighted by Gasteiger charge is 2.07. The fourth-order valence-corrected chi connectivity index (χ4v) is 3.25. The van der Waals surface area contributed by atoms with Gasteiger partial charge in [0, 0.05) is 11.5 Å². The van der Waals surface area contributed by atoms with E-state index in [-0.39, 0.29) is 5.97 Å². The minimum absolute atomic E-state index is 0.350. The molecule has 0 heterocycles. The van der Waals surface area contributed by atoms with Gasteiger partial charge in [-0.25, -0.2) is 4.79 Å². The van der Waals surface area contributed by atoms with E-state index in [0.29, 0.717) is 13.2 Å². The number of rotatable bonds is 9. The van der Waals surface area contributed by atoms with Crippen molar-refractivity contribution in [3.63, 3.8) is 0 Å². The Labute approximate surface area is 160 Å². The summed E-state index contributed by atoms with van der Waals surface area (Å²) in [6, 6.07) is 17.1. The zero-order chi connectivity index (χ0) is 19.1. The maximum Gasteiger partial charge on any atom is 0.330 e. The van der Waals surface area contributed by atoms with E-state index in [1.807, 2.05) is 0 Å². The van der Waals surface area contributed by atoms with Gasteiger partial charge in [0.2, 0.25) is 0 Å². The Morgan fingerprint density at radius 2 is 1.59 bits per heavy atom. The van der Waals surface area contributed by atoms with Crippen molar-refractivity contribution in [3.05, 3.63) is 66.7 Å². The summed E-state index contributed by atoms with van der Waals surface area (Å²) in [6.07, 6.45) is 5.13. The van der Waals surface area contributed by atoms with Crippen LogP contribution in [-0.2, 0) is 9.53 Å². The Morgan fingerprint density at radius 3 is 2.30 bits per heavy atom. The van der Waals surface area contributed by atoms with Gasteiger partial charge in [-0.2, -0.15) is 0 Å². The molecule has 0 unspecified atom stereocenters. The van der Waals surface area contributed by atoms with E-state index in [2.05, 4.69) is 62.0 Å². The molecule has 0 spiro atoms. The van der Waals surface area contributed by atoms with Crippen LogP contribution in [0.2, 0.25) is 0 Å². The Bertz CT molecular complexity index is 943. The molecular weight excluding hydrogens is 336 g/mol. The van der Waals surface area contributed by atoms with Gasteiger partial charge in [-0.1, -0.05) is 36.9 Å². The molecule has 0 fully saturated rings. The second-order valence-corrected chi connectivity index (χ2v) is 6.76. The zero-order valence-electron chi connectivity index (χ0n) is 15.9. The second kappa shape index (κ2) is 9.22. The van der Waals surface area contributed by atoms with Crippen molar-refractivity contribution in [1.29, 1.82) is 0 Å². The number of aryl methyl sites for hydroxylation is 1. The fourth-order valence-electron chi connectivity index (χ4n) is 3.25. The molecule has 0 aromatic heterocycles. The number of esters is 1. The highest BCUT2D eigenvalue weighted by atomic mass is 16.5. The van der Waals surface area contributed by atoms with Gasteiger partial charge in [0.1, 0.15) is 5.75 Å². The van der Waals surface area contributed by atoms with Crippen molar-refractivity contribution < 1.29 is 14.3 Å². The summed E-state index contributed by atoms with van der Waals surface area (Å²) in [5, 5.41) is 4.90. The molecule has 0 radical (unpaired) electrons. The van der Waals surface area contributed by atoms with E-state index >= 15 is 0 Å². The molecule has 0 saturated carbocycles. The van der Waals surface area contributed by atoms with Gasteiger partial charge in [0.15, 0.2) is 0 Å². The molecule has 0 atom stereocenters. The van der Waals surface area contributed by atoms with Gasteiger partial charge in [-0.05, 0) is 72.5 Å². The van der Waals surface area contributed by atoms with Crippen molar-refractivity contribution in [2.45, 2.75) is 32.6 Å². The number of carbonyl (C=O) groups excluding carboxylic acids is 1. The standard InChI is InChI=1S/C24H26O3/c1-3-24(25)27-15-9-5-4-8-14-26-23-13-12-18(2)21-16-19-10-6-7-11-20(19)17-22(21)23/h3,6-7,10-13,16-17H,1,4-5,8-9,14-15H2,2H3. The van der Waals surface area contributed by atoms with Crippen LogP contribution >= 0.6 is 0 Å². The lowest BCUT2D eigenvalue weighted by Crippen LogP contribution is -2.02. The van der Waals surface area contributed by atoms with Gasteiger partial charge in [0.05, 0.1) is 13.2 Å². The third-order valence-corrected chi connectivity index (χ3v) is 4.77. The molecule has 3 nitrogen and oxygen atoms in total. The molecule has 0 saturated heterocycles. The van der Waals surface area contributed by atoms with Gasteiger partial charge >= 0.3 is 5.97 Å². The first-order valence-corrected chi connectivity index (χ1v) is 9.53. The maximum absolute atomic E-state index is 11.0. The van der Waals surface area contributed by atoms with Crippen LogP contribution in [-0.4, -0.2) is 19.2 Å². The van der Waals surface area contributed by atoms with E-state index in [9.17, 15) is 4.79 Å². The van der Waals surface area contributed by atoms with Crippen molar-refractivity contribution in [3.8, 4) is 5.75 Å². The van der Waals surface area contributed by atoms with Crippen LogP contribution < -0.4 is 4.74 Å². The molecule has 0 bridgehead atoms. The normalized spacial score (nSPS) is 10.9. The molecular formula is C24H26O3. The summed E-state index contributed by atoms with van der Waals surface area (Å²) < 4.78 is 11.1. The first kappa shape index (κ1) is 19.0. The van der Waals surface area contributed by atoms with Gasteiger partial charge in [0.25, 0.3) is 0 Å². The molecule has 0 aliphatic heterocycles. The van der Waals surface area contributed by atoms with Gasteiger partial charge in [-0.15, -0.1) is 0 Å². The summed E-state index contributed by atoms with van der Waals surface area (Å²) in [5.41, 5.74) is 1.26. The Balaban J connectivity index is 1.56. The van der Waals surface area contributed by atoms with Crippen molar-refractivity contribution in [2.75, 3.05) is 13.2 Å². The highest BCUT2D eigenvalue weighted by molar-refractivity contribution is 6.02. The topological polar surface area (TPSA) is 35.5 Å². The predicted octanol–water partition coefficient (Wildman–Crippen LogP) is 5.97. The number of hydrogen-bond acceptors (Lipinski definition) is 3.